The highest BCUT2D eigenvalue weighted by atomic mass is 16.3. The molecule has 0 amide bonds. The predicted molar refractivity (Wildman–Crippen MR) is 60.8 cm³/mol. The second-order valence-corrected chi connectivity index (χ2v) is 4.55. The highest BCUT2D eigenvalue weighted by Crippen LogP contribution is 2.50. The molecule has 4 heteroatoms. The van der Waals surface area contributed by atoms with Gasteiger partial charge in [-0.05, 0) is 30.0 Å². The lowest BCUT2D eigenvalue weighted by Crippen LogP contribution is -2.54. The van der Waals surface area contributed by atoms with Crippen molar-refractivity contribution in [3.05, 3.63) is 35.4 Å². The van der Waals surface area contributed by atoms with E-state index in [0.717, 1.165) is 0 Å². The van der Waals surface area contributed by atoms with Crippen molar-refractivity contribution in [3.63, 3.8) is 0 Å². The second kappa shape index (κ2) is 4.46. The van der Waals surface area contributed by atoms with Crippen LogP contribution in [-0.4, -0.2) is 28.5 Å². The lowest BCUT2D eigenvalue weighted by Gasteiger charge is -2.51. The maximum atomic E-state index is 10.5. The quantitative estimate of drug-likeness (QED) is 0.704. The molecule has 3 atom stereocenters. The van der Waals surface area contributed by atoms with Crippen LogP contribution in [0.25, 0.3) is 0 Å². The number of hydrogen-bond acceptors (Lipinski definition) is 4. The molecule has 1 aromatic rings. The zero-order valence-corrected chi connectivity index (χ0v) is 9.37. The van der Waals surface area contributed by atoms with Gasteiger partial charge in [0.2, 0.25) is 0 Å². The molecular formula is C13H15NO3. The molecule has 2 rings (SSSR count). The molecule has 17 heavy (non-hydrogen) atoms. The van der Waals surface area contributed by atoms with Crippen LogP contribution >= 0.6 is 0 Å². The Bertz CT molecular complexity index is 454. The molecule has 0 aromatic heterocycles. The topological polar surface area (TPSA) is 84.5 Å². The number of aliphatic hydroxyl groups is 3. The average molecular weight is 233 g/mol. The van der Waals surface area contributed by atoms with Crippen molar-refractivity contribution in [1.82, 2.24) is 0 Å². The number of benzene rings is 1. The first-order valence-corrected chi connectivity index (χ1v) is 5.60. The molecule has 1 aliphatic rings. The van der Waals surface area contributed by atoms with Gasteiger partial charge in [0.25, 0.3) is 0 Å². The normalized spacial score (nSPS) is 31.6. The molecule has 1 saturated carbocycles. The zero-order valence-electron chi connectivity index (χ0n) is 9.37. The van der Waals surface area contributed by atoms with E-state index in [1.807, 2.05) is 6.07 Å². The van der Waals surface area contributed by atoms with E-state index in [0.29, 0.717) is 17.5 Å². The smallest absolute Gasteiger partial charge is 0.0991 e. The van der Waals surface area contributed by atoms with Gasteiger partial charge in [0.05, 0.1) is 17.2 Å². The molecular weight excluding hydrogens is 218 g/mol. The Hall–Kier alpha value is -1.41. The molecule has 1 fully saturated rings. The Morgan fingerprint density at radius 2 is 2.12 bits per heavy atom. The number of hydrogen-bond donors (Lipinski definition) is 3. The minimum atomic E-state index is -1.12. The van der Waals surface area contributed by atoms with Crippen molar-refractivity contribution in [2.45, 2.75) is 12.0 Å². The number of aliphatic hydroxyl groups excluding tert-OH is 2. The fourth-order valence-electron chi connectivity index (χ4n) is 2.60. The van der Waals surface area contributed by atoms with Crippen molar-refractivity contribution in [1.29, 1.82) is 5.26 Å². The van der Waals surface area contributed by atoms with E-state index in [1.54, 1.807) is 24.3 Å². The molecule has 0 unspecified atom stereocenters. The third-order valence-electron chi connectivity index (χ3n) is 3.68. The van der Waals surface area contributed by atoms with Gasteiger partial charge in [0.1, 0.15) is 0 Å². The molecule has 4 nitrogen and oxygen atoms in total. The fourth-order valence-corrected chi connectivity index (χ4v) is 2.60. The van der Waals surface area contributed by atoms with Crippen LogP contribution in [0.3, 0.4) is 0 Å². The van der Waals surface area contributed by atoms with E-state index in [2.05, 4.69) is 0 Å². The molecule has 90 valence electrons. The minimum absolute atomic E-state index is 0.0362. The molecule has 0 aliphatic heterocycles. The summed E-state index contributed by atoms with van der Waals surface area (Å²) in [7, 11) is 0. The Morgan fingerprint density at radius 3 is 2.71 bits per heavy atom. The van der Waals surface area contributed by atoms with Gasteiger partial charge in [0, 0.05) is 19.1 Å². The summed E-state index contributed by atoms with van der Waals surface area (Å²) in [6.07, 6.45) is 0.420. The first-order valence-electron chi connectivity index (χ1n) is 5.60. The molecule has 0 radical (unpaired) electrons. The molecule has 0 saturated heterocycles. The number of nitriles is 1. The summed E-state index contributed by atoms with van der Waals surface area (Å²) >= 11 is 0. The Balaban J connectivity index is 2.30. The maximum Gasteiger partial charge on any atom is 0.0991 e. The number of nitrogens with zero attached hydrogens (tertiary/aromatic N) is 1. The van der Waals surface area contributed by atoms with E-state index in [9.17, 15) is 10.2 Å². The zero-order chi connectivity index (χ0) is 12.5. The Morgan fingerprint density at radius 1 is 1.35 bits per heavy atom. The van der Waals surface area contributed by atoms with Crippen molar-refractivity contribution in [2.75, 3.05) is 13.2 Å². The molecule has 3 N–H and O–H groups in total. The van der Waals surface area contributed by atoms with Crippen molar-refractivity contribution < 1.29 is 15.3 Å². The van der Waals surface area contributed by atoms with Crippen LogP contribution in [0.4, 0.5) is 0 Å². The lowest BCUT2D eigenvalue weighted by molar-refractivity contribution is -0.172. The van der Waals surface area contributed by atoms with Crippen molar-refractivity contribution in [2.24, 2.45) is 11.8 Å². The van der Waals surface area contributed by atoms with Crippen LogP contribution in [0.1, 0.15) is 17.5 Å². The first kappa shape index (κ1) is 12.1. The van der Waals surface area contributed by atoms with Crippen LogP contribution in [0, 0.1) is 23.2 Å². The Labute approximate surface area is 99.8 Å². The fraction of sp³-hybridized carbons (Fsp3) is 0.462. The van der Waals surface area contributed by atoms with E-state index in [1.165, 1.54) is 0 Å². The third-order valence-corrected chi connectivity index (χ3v) is 3.68. The minimum Gasteiger partial charge on any atom is -0.396 e. The van der Waals surface area contributed by atoms with Gasteiger partial charge in [-0.3, -0.25) is 0 Å². The monoisotopic (exact) mass is 233 g/mol. The van der Waals surface area contributed by atoms with Gasteiger partial charge in [-0.15, -0.1) is 0 Å². The van der Waals surface area contributed by atoms with Gasteiger partial charge < -0.3 is 15.3 Å². The summed E-state index contributed by atoms with van der Waals surface area (Å²) in [6.45, 7) is -0.204. The summed E-state index contributed by atoms with van der Waals surface area (Å²) in [5.41, 5.74) is 0.00927. The highest BCUT2D eigenvalue weighted by molar-refractivity contribution is 5.37. The van der Waals surface area contributed by atoms with Gasteiger partial charge in [0.15, 0.2) is 0 Å². The average Bonchev–Trinajstić information content (AvgIpc) is 2.36. The summed E-state index contributed by atoms with van der Waals surface area (Å²) in [5.74, 6) is -0.433. The van der Waals surface area contributed by atoms with Gasteiger partial charge in [-0.25, -0.2) is 0 Å². The van der Waals surface area contributed by atoms with Gasteiger partial charge in [-0.1, -0.05) is 12.1 Å². The molecule has 0 spiro atoms. The standard InChI is InChI=1S/C13H15NO3/c14-6-9-2-1-3-11(4-9)13(17)5-10(7-15)12(13)8-16/h1-4,10,12,15-17H,5,7-8H2/t10-,12-,13-/m1/s1. The summed E-state index contributed by atoms with van der Waals surface area (Å²) in [6, 6.07) is 8.79. The Kier molecular flexibility index (Phi) is 3.16. The summed E-state index contributed by atoms with van der Waals surface area (Å²) in [5, 5.41) is 37.7. The molecule has 0 bridgehead atoms. The van der Waals surface area contributed by atoms with E-state index < -0.39 is 5.60 Å². The maximum absolute atomic E-state index is 10.5. The number of rotatable bonds is 3. The summed E-state index contributed by atoms with van der Waals surface area (Å²) in [4.78, 5) is 0. The second-order valence-electron chi connectivity index (χ2n) is 4.55. The van der Waals surface area contributed by atoms with Crippen molar-refractivity contribution in [3.8, 4) is 6.07 Å². The summed E-state index contributed by atoms with van der Waals surface area (Å²) < 4.78 is 0. The van der Waals surface area contributed by atoms with Crippen LogP contribution in [-0.2, 0) is 5.60 Å². The van der Waals surface area contributed by atoms with Gasteiger partial charge in [-0.2, -0.15) is 5.26 Å². The van der Waals surface area contributed by atoms with Crippen LogP contribution < -0.4 is 0 Å². The third kappa shape index (κ3) is 1.83. The lowest BCUT2D eigenvalue weighted by atomic mass is 9.59. The largest absolute Gasteiger partial charge is 0.396 e. The first-order chi connectivity index (χ1) is 8.15. The highest BCUT2D eigenvalue weighted by Gasteiger charge is 2.53. The predicted octanol–water partition coefficient (Wildman–Crippen LogP) is 0.367. The van der Waals surface area contributed by atoms with Crippen molar-refractivity contribution >= 4 is 0 Å². The molecule has 1 aliphatic carbocycles. The van der Waals surface area contributed by atoms with E-state index in [4.69, 9.17) is 10.4 Å². The van der Waals surface area contributed by atoms with Crippen LogP contribution in [0.2, 0.25) is 0 Å². The molecule has 1 aromatic carbocycles. The van der Waals surface area contributed by atoms with Crippen LogP contribution in [0.15, 0.2) is 24.3 Å². The van der Waals surface area contributed by atoms with E-state index in [-0.39, 0.29) is 25.0 Å². The van der Waals surface area contributed by atoms with Gasteiger partial charge >= 0.3 is 0 Å². The van der Waals surface area contributed by atoms with Crippen LogP contribution in [0.5, 0.6) is 0 Å². The van der Waals surface area contributed by atoms with E-state index >= 15 is 0 Å². The SMILES string of the molecule is N#Cc1cccc([C@]2(O)C[C@H](CO)[C@H]2CO)c1. The molecule has 0 heterocycles.